The van der Waals surface area contributed by atoms with Gasteiger partial charge in [-0.2, -0.15) is 0 Å². The molecule has 1 saturated heterocycles. The lowest BCUT2D eigenvalue weighted by Gasteiger charge is -2.25. The van der Waals surface area contributed by atoms with Gasteiger partial charge in [-0.15, -0.1) is 11.3 Å². The number of nitrogens with one attached hydrogen (secondary N) is 1. The molecule has 0 spiro atoms. The van der Waals surface area contributed by atoms with Crippen LogP contribution >= 0.6 is 11.3 Å². The van der Waals surface area contributed by atoms with Crippen LogP contribution in [-0.4, -0.2) is 26.4 Å². The smallest absolute Gasteiger partial charge is 0.188 e. The third kappa shape index (κ3) is 3.86. The van der Waals surface area contributed by atoms with E-state index in [1.165, 1.54) is 22.2 Å². The van der Waals surface area contributed by atoms with Gasteiger partial charge in [0.05, 0.1) is 17.3 Å². The van der Waals surface area contributed by atoms with E-state index in [0.29, 0.717) is 6.04 Å². The van der Waals surface area contributed by atoms with Crippen molar-refractivity contribution in [3.63, 3.8) is 0 Å². The Morgan fingerprint density at radius 1 is 1.10 bits per heavy atom. The maximum atomic E-state index is 4.92. The zero-order chi connectivity index (χ0) is 19.6. The van der Waals surface area contributed by atoms with E-state index in [4.69, 9.17) is 4.98 Å². The molecule has 0 saturated carbocycles. The van der Waals surface area contributed by atoms with Crippen LogP contribution in [-0.2, 0) is 6.54 Å². The van der Waals surface area contributed by atoms with E-state index in [2.05, 4.69) is 63.5 Å². The molecule has 3 aromatic heterocycles. The SMILES string of the molecule is Cc1cnc(Nc2cccc([C@H]3CCCN3Cc3cccc4ncccc34)n2)s1. The molecule has 4 aromatic rings. The predicted molar refractivity (Wildman–Crippen MR) is 118 cm³/mol. The number of anilines is 2. The number of aryl methyl sites for hydroxylation is 1. The fraction of sp³-hybridized carbons (Fsp3) is 0.261. The van der Waals surface area contributed by atoms with Crippen LogP contribution in [0.15, 0.2) is 60.9 Å². The van der Waals surface area contributed by atoms with Crippen molar-refractivity contribution in [3.8, 4) is 0 Å². The Bertz CT molecular complexity index is 1130. The Balaban J connectivity index is 1.38. The molecule has 0 amide bonds. The number of hydrogen-bond donors (Lipinski definition) is 1. The molecule has 1 fully saturated rings. The first-order valence-corrected chi connectivity index (χ1v) is 10.8. The second-order valence-corrected chi connectivity index (χ2v) is 8.70. The van der Waals surface area contributed by atoms with Gasteiger partial charge in [0.15, 0.2) is 5.13 Å². The van der Waals surface area contributed by atoms with Gasteiger partial charge in [0.2, 0.25) is 0 Å². The topological polar surface area (TPSA) is 53.9 Å². The summed E-state index contributed by atoms with van der Waals surface area (Å²) in [7, 11) is 0. The number of pyridine rings is 2. The van der Waals surface area contributed by atoms with Crippen molar-refractivity contribution in [1.82, 2.24) is 19.9 Å². The van der Waals surface area contributed by atoms with Crippen LogP contribution in [0.5, 0.6) is 0 Å². The first-order valence-electron chi connectivity index (χ1n) is 9.99. The van der Waals surface area contributed by atoms with E-state index in [1.807, 2.05) is 24.5 Å². The maximum Gasteiger partial charge on any atom is 0.188 e. The van der Waals surface area contributed by atoms with E-state index in [1.54, 1.807) is 11.3 Å². The predicted octanol–water partition coefficient (Wildman–Crippen LogP) is 5.48. The summed E-state index contributed by atoms with van der Waals surface area (Å²) in [6.45, 7) is 4.07. The first kappa shape index (κ1) is 18.2. The zero-order valence-corrected chi connectivity index (χ0v) is 17.2. The highest BCUT2D eigenvalue weighted by Crippen LogP contribution is 2.34. The minimum Gasteiger partial charge on any atom is -0.316 e. The molecule has 0 aliphatic carbocycles. The normalized spacial score (nSPS) is 17.1. The Hall–Kier alpha value is -2.83. The number of hydrogen-bond acceptors (Lipinski definition) is 6. The van der Waals surface area contributed by atoms with Crippen LogP contribution in [0.1, 0.15) is 35.0 Å². The molecular formula is C23H23N5S. The molecule has 1 aliphatic heterocycles. The van der Waals surface area contributed by atoms with Gasteiger partial charge in [-0.1, -0.05) is 24.3 Å². The van der Waals surface area contributed by atoms with Crippen LogP contribution in [0.4, 0.5) is 10.9 Å². The summed E-state index contributed by atoms with van der Waals surface area (Å²) < 4.78 is 0. The van der Waals surface area contributed by atoms with Crippen molar-refractivity contribution >= 4 is 33.2 Å². The molecule has 6 heteroatoms. The van der Waals surface area contributed by atoms with Gasteiger partial charge in [-0.05, 0) is 56.1 Å². The first-order chi connectivity index (χ1) is 14.3. The van der Waals surface area contributed by atoms with Crippen molar-refractivity contribution in [2.24, 2.45) is 0 Å². The van der Waals surface area contributed by atoms with E-state index >= 15 is 0 Å². The van der Waals surface area contributed by atoms with Gasteiger partial charge in [0.1, 0.15) is 5.82 Å². The maximum absolute atomic E-state index is 4.92. The third-order valence-electron chi connectivity index (χ3n) is 5.44. The second-order valence-electron chi connectivity index (χ2n) is 7.46. The fourth-order valence-corrected chi connectivity index (χ4v) is 4.77. The van der Waals surface area contributed by atoms with Gasteiger partial charge < -0.3 is 5.32 Å². The van der Waals surface area contributed by atoms with E-state index < -0.39 is 0 Å². The molecule has 0 bridgehead atoms. The van der Waals surface area contributed by atoms with Crippen LogP contribution in [0.2, 0.25) is 0 Å². The lowest BCUT2D eigenvalue weighted by Crippen LogP contribution is -2.23. The van der Waals surface area contributed by atoms with Crippen LogP contribution in [0, 0.1) is 6.92 Å². The zero-order valence-electron chi connectivity index (χ0n) is 16.4. The number of aromatic nitrogens is 3. The van der Waals surface area contributed by atoms with E-state index in [9.17, 15) is 0 Å². The van der Waals surface area contributed by atoms with Crippen molar-refractivity contribution in [1.29, 1.82) is 0 Å². The molecular weight excluding hydrogens is 378 g/mol. The molecule has 4 heterocycles. The largest absolute Gasteiger partial charge is 0.316 e. The summed E-state index contributed by atoms with van der Waals surface area (Å²) in [6.07, 6.45) is 6.07. The number of benzene rings is 1. The van der Waals surface area contributed by atoms with Crippen LogP contribution in [0.3, 0.4) is 0 Å². The molecule has 0 unspecified atom stereocenters. The molecule has 29 heavy (non-hydrogen) atoms. The van der Waals surface area contributed by atoms with E-state index in [0.717, 1.165) is 41.7 Å². The molecule has 5 nitrogen and oxygen atoms in total. The van der Waals surface area contributed by atoms with Crippen molar-refractivity contribution in [3.05, 3.63) is 77.1 Å². The molecule has 1 atom stereocenters. The van der Waals surface area contributed by atoms with E-state index in [-0.39, 0.29) is 0 Å². The number of thiazole rings is 1. The number of rotatable bonds is 5. The third-order valence-corrected chi connectivity index (χ3v) is 6.27. The lowest BCUT2D eigenvalue weighted by atomic mass is 10.1. The van der Waals surface area contributed by atoms with Gasteiger partial charge in [0, 0.05) is 29.2 Å². The summed E-state index contributed by atoms with van der Waals surface area (Å²) >= 11 is 1.65. The Morgan fingerprint density at radius 3 is 2.93 bits per heavy atom. The second kappa shape index (κ2) is 7.89. The summed E-state index contributed by atoms with van der Waals surface area (Å²) in [5.41, 5.74) is 3.51. The van der Waals surface area contributed by atoms with Gasteiger partial charge in [-0.3, -0.25) is 9.88 Å². The van der Waals surface area contributed by atoms with Crippen molar-refractivity contribution < 1.29 is 0 Å². The Kier molecular flexibility index (Phi) is 4.96. The summed E-state index contributed by atoms with van der Waals surface area (Å²) in [4.78, 5) is 17.5. The van der Waals surface area contributed by atoms with Gasteiger partial charge in [0.25, 0.3) is 0 Å². The highest BCUT2D eigenvalue weighted by atomic mass is 32.1. The van der Waals surface area contributed by atoms with Gasteiger partial charge in [-0.25, -0.2) is 9.97 Å². The van der Waals surface area contributed by atoms with Crippen molar-refractivity contribution in [2.75, 3.05) is 11.9 Å². The minimum atomic E-state index is 0.335. The summed E-state index contributed by atoms with van der Waals surface area (Å²) in [5.74, 6) is 0.859. The summed E-state index contributed by atoms with van der Waals surface area (Å²) in [6, 6.07) is 17.2. The monoisotopic (exact) mass is 401 g/mol. The molecule has 146 valence electrons. The molecule has 1 aliphatic rings. The lowest BCUT2D eigenvalue weighted by molar-refractivity contribution is 0.245. The van der Waals surface area contributed by atoms with Crippen LogP contribution < -0.4 is 5.32 Å². The molecule has 0 radical (unpaired) electrons. The average molecular weight is 402 g/mol. The molecule has 1 N–H and O–H groups in total. The highest BCUT2D eigenvalue weighted by molar-refractivity contribution is 7.15. The standard InChI is InChI=1S/C23H23N5S/c1-16-14-25-23(29-16)27-22-11-3-9-20(26-22)21-10-5-13-28(21)15-17-6-2-8-19-18(17)7-4-12-24-19/h2-4,6-9,11-12,14,21H,5,10,13,15H2,1H3,(H,25,26,27)/t21-/m1/s1. The average Bonchev–Trinajstić information content (AvgIpc) is 3.37. The highest BCUT2D eigenvalue weighted by Gasteiger charge is 2.27. The Labute approximate surface area is 174 Å². The van der Waals surface area contributed by atoms with Crippen molar-refractivity contribution in [2.45, 2.75) is 32.4 Å². The quantitative estimate of drug-likeness (QED) is 0.480. The Morgan fingerprint density at radius 2 is 2.03 bits per heavy atom. The molecule has 5 rings (SSSR count). The van der Waals surface area contributed by atoms with Crippen LogP contribution in [0.25, 0.3) is 10.9 Å². The summed E-state index contributed by atoms with van der Waals surface area (Å²) in [5, 5.41) is 5.47. The molecule has 1 aromatic carbocycles. The number of likely N-dealkylation sites (tertiary alicyclic amines) is 1. The number of nitrogens with zero attached hydrogens (tertiary/aromatic N) is 4. The number of fused-ring (bicyclic) bond motifs is 1. The fourth-order valence-electron chi connectivity index (χ4n) is 4.10. The van der Waals surface area contributed by atoms with Gasteiger partial charge >= 0.3 is 0 Å². The minimum absolute atomic E-state index is 0.335.